The Labute approximate surface area is 525 Å². The monoisotopic (exact) mass is 1400 g/mol. The molecule has 17 nitrogen and oxygen atoms in total. The highest BCUT2D eigenvalue weighted by atomic mass is 79.9. The van der Waals surface area contributed by atoms with Crippen LogP contribution in [0.4, 0.5) is 0 Å². The minimum Gasteiger partial charge on any atom is -0.379 e. The van der Waals surface area contributed by atoms with E-state index >= 15 is 0 Å². The zero-order chi connectivity index (χ0) is 59.8. The van der Waals surface area contributed by atoms with Gasteiger partial charge in [-0.25, -0.2) is 64.7 Å². The second-order valence-electron chi connectivity index (χ2n) is 19.5. The number of ether oxygens (including phenoxy) is 1. The van der Waals surface area contributed by atoms with Gasteiger partial charge in [-0.2, -0.15) is 0 Å². The number of nitrogens with one attached hydrogen (secondary N) is 2. The van der Waals surface area contributed by atoms with Gasteiger partial charge in [-0.15, -0.1) is 0 Å². The van der Waals surface area contributed by atoms with Crippen molar-refractivity contribution in [1.82, 2.24) is 57.8 Å². The number of rotatable bonds is 11. The molecular weight excluding hydrogens is 1350 g/mol. The van der Waals surface area contributed by atoms with E-state index in [1.54, 1.807) is 104 Å². The van der Waals surface area contributed by atoms with Crippen LogP contribution in [-0.4, -0.2) is 93.6 Å². The SMILES string of the molecule is Brc1cnc2[nH]cc(-c3ccnc(CCc4ccccc4)n3)c2c1.CC1CCCO1.CSc1nccc(-c2cn(S(=O)(=O)c3ccc(C)cc3)c3ncc(Br)cc23)n1.Cc1ccc(S(=O)(=O)n2cc(-c3ccnc(=S)[nH]3)c3cc(Br)cnc32)cc1. The molecule has 12 aromatic rings. The molecule has 432 valence electrons. The number of aryl methyl sites for hydroxylation is 4. The van der Waals surface area contributed by atoms with Gasteiger partial charge in [-0.3, -0.25) is 0 Å². The summed E-state index contributed by atoms with van der Waals surface area (Å²) in [6, 6.07) is 35.1. The van der Waals surface area contributed by atoms with Crippen LogP contribution < -0.4 is 0 Å². The molecular formula is C61H53Br3N12O5S4. The first-order valence-electron chi connectivity index (χ1n) is 26.5. The maximum atomic E-state index is 13.3. The molecule has 1 aliphatic heterocycles. The van der Waals surface area contributed by atoms with E-state index in [1.807, 2.05) is 56.8 Å². The minimum atomic E-state index is -3.81. The quantitative estimate of drug-likeness (QED) is 0.0698. The molecule has 1 unspecified atom stereocenters. The summed E-state index contributed by atoms with van der Waals surface area (Å²) in [5.74, 6) is 0.855. The van der Waals surface area contributed by atoms with Gasteiger partial charge in [0.15, 0.2) is 21.2 Å². The fourth-order valence-corrected chi connectivity index (χ4v) is 13.3. The van der Waals surface area contributed by atoms with Gasteiger partial charge in [0.1, 0.15) is 11.5 Å². The van der Waals surface area contributed by atoms with Crippen LogP contribution in [0.1, 0.15) is 42.3 Å². The average molecular weight is 1400 g/mol. The van der Waals surface area contributed by atoms with Crippen LogP contribution in [0.5, 0.6) is 0 Å². The predicted molar refractivity (Wildman–Crippen MR) is 347 cm³/mol. The van der Waals surface area contributed by atoms with Gasteiger partial charge in [0.05, 0.1) is 33.0 Å². The van der Waals surface area contributed by atoms with Crippen molar-refractivity contribution in [3.8, 4) is 33.8 Å². The third-order valence-electron chi connectivity index (χ3n) is 13.5. The maximum Gasteiger partial charge on any atom is 0.269 e. The number of hydrogen-bond acceptors (Lipinski definition) is 15. The highest BCUT2D eigenvalue weighted by Crippen LogP contribution is 2.35. The van der Waals surface area contributed by atoms with Gasteiger partial charge in [-0.1, -0.05) is 77.5 Å². The number of nitrogens with zero attached hydrogens (tertiary/aromatic N) is 10. The Balaban J connectivity index is 0.000000135. The van der Waals surface area contributed by atoms with Crippen molar-refractivity contribution in [2.45, 2.75) is 67.5 Å². The van der Waals surface area contributed by atoms with E-state index in [0.29, 0.717) is 60.6 Å². The fraction of sp³-hybridized carbons (Fsp3) is 0.164. The van der Waals surface area contributed by atoms with E-state index in [1.165, 1.54) is 38.1 Å². The van der Waals surface area contributed by atoms with Crippen LogP contribution >= 0.6 is 71.8 Å². The lowest BCUT2D eigenvalue weighted by atomic mass is 10.1. The predicted octanol–water partition coefficient (Wildman–Crippen LogP) is 14.7. The molecule has 2 N–H and O–H groups in total. The first-order valence-corrected chi connectivity index (χ1v) is 33.4. The van der Waals surface area contributed by atoms with Crippen molar-refractivity contribution in [3.63, 3.8) is 0 Å². The molecule has 0 bridgehead atoms. The Hall–Kier alpha value is -7.16. The Morgan fingerprint density at radius 3 is 1.75 bits per heavy atom. The second-order valence-corrected chi connectivity index (χ2v) is 27.0. The molecule has 0 amide bonds. The summed E-state index contributed by atoms with van der Waals surface area (Å²) >= 11 is 16.8. The van der Waals surface area contributed by atoms with Gasteiger partial charge >= 0.3 is 0 Å². The van der Waals surface area contributed by atoms with Gasteiger partial charge < -0.3 is 14.7 Å². The van der Waals surface area contributed by atoms with Crippen molar-refractivity contribution in [2.75, 3.05) is 12.9 Å². The van der Waals surface area contributed by atoms with E-state index < -0.39 is 20.0 Å². The van der Waals surface area contributed by atoms with Crippen LogP contribution in [-0.2, 0) is 37.6 Å². The largest absolute Gasteiger partial charge is 0.379 e. The van der Waals surface area contributed by atoms with Crippen molar-refractivity contribution in [2.24, 2.45) is 0 Å². The van der Waals surface area contributed by atoms with Crippen LogP contribution in [0.15, 0.2) is 199 Å². The van der Waals surface area contributed by atoms with Crippen molar-refractivity contribution < 1.29 is 21.6 Å². The number of hydrogen-bond donors (Lipinski definition) is 2. The number of benzene rings is 3. The van der Waals surface area contributed by atoms with Crippen molar-refractivity contribution in [1.29, 1.82) is 0 Å². The molecule has 1 saturated heterocycles. The number of fused-ring (bicyclic) bond motifs is 3. The molecule has 85 heavy (non-hydrogen) atoms. The zero-order valence-electron chi connectivity index (χ0n) is 46.1. The summed E-state index contributed by atoms with van der Waals surface area (Å²) in [5, 5.41) is 3.03. The lowest BCUT2D eigenvalue weighted by Crippen LogP contribution is -2.12. The molecule has 0 radical (unpaired) electrons. The zero-order valence-corrected chi connectivity index (χ0v) is 54.1. The number of thioether (sulfide) groups is 1. The lowest BCUT2D eigenvalue weighted by Gasteiger charge is -2.07. The average Bonchev–Trinajstić information content (AvgIpc) is 1.86. The molecule has 0 saturated carbocycles. The topological polar surface area (TPSA) is 222 Å². The molecule has 9 aromatic heterocycles. The Bertz CT molecular complexity index is 4640. The lowest BCUT2D eigenvalue weighted by molar-refractivity contribution is 0.125. The number of aromatic nitrogens is 12. The summed E-state index contributed by atoms with van der Waals surface area (Å²) in [5.41, 5.74) is 9.43. The number of H-pyrrole nitrogens is 2. The smallest absolute Gasteiger partial charge is 0.269 e. The summed E-state index contributed by atoms with van der Waals surface area (Å²) in [7, 11) is -7.62. The molecule has 1 fully saturated rings. The van der Waals surface area contributed by atoms with Crippen molar-refractivity contribution >= 4 is 125 Å². The maximum absolute atomic E-state index is 13.3. The molecule has 24 heteroatoms. The van der Waals surface area contributed by atoms with Crippen LogP contribution in [0, 0.1) is 18.6 Å². The van der Waals surface area contributed by atoms with Gasteiger partial charge in [-0.05, 0) is 173 Å². The first kappa shape index (κ1) is 60.9. The third kappa shape index (κ3) is 14.4. The standard InChI is InChI=1S/C19H15BrN4O2S2.C19H15BrN4.C18H13BrN4O2S2.C5H10O/c1-12-3-5-14(6-4-12)28(25,26)24-11-16(15-9-13(20)10-22-18(15)24)17-7-8-21-19(23-17)27-2;20-14-10-15-16(12-23-19(15)22-11-14)17-8-9-21-18(24-17)7-6-13-4-2-1-3-5-13;1-11-2-4-13(5-3-11)27(24,25)23-10-15(16-6-7-20-18(26)22-16)14-8-12(19)9-21-17(14)23;1-5-3-2-4-6-5/h3-11H,1-2H3;1-5,8-12H,6-7H2,(H,22,23);2-10H,1H3,(H,20,22,26);5H,2-4H2,1H3. The number of halogens is 3. The minimum absolute atomic E-state index is 0.198. The Morgan fingerprint density at radius 2 is 1.19 bits per heavy atom. The van der Waals surface area contributed by atoms with Gasteiger partial charge in [0, 0.05) is 115 Å². The summed E-state index contributed by atoms with van der Waals surface area (Å²) < 4.78 is 63.4. The molecule has 13 rings (SSSR count). The van der Waals surface area contributed by atoms with E-state index in [9.17, 15) is 16.8 Å². The van der Waals surface area contributed by atoms with Crippen molar-refractivity contribution in [3.05, 3.63) is 212 Å². The van der Waals surface area contributed by atoms with E-state index in [2.05, 4.69) is 130 Å². The molecule has 10 heterocycles. The molecule has 3 aromatic carbocycles. The van der Waals surface area contributed by atoms with E-state index in [-0.39, 0.29) is 9.79 Å². The summed E-state index contributed by atoms with van der Waals surface area (Å²) in [4.78, 5) is 41.5. The number of pyridine rings is 3. The van der Waals surface area contributed by atoms with Crippen LogP contribution in [0.25, 0.3) is 66.9 Å². The third-order valence-corrected chi connectivity index (χ3v) is 18.9. The highest BCUT2D eigenvalue weighted by molar-refractivity contribution is 9.11. The molecule has 0 spiro atoms. The Kier molecular flexibility index (Phi) is 19.4. The highest BCUT2D eigenvalue weighted by Gasteiger charge is 2.25. The molecule has 1 atom stereocenters. The van der Waals surface area contributed by atoms with E-state index in [4.69, 9.17) is 21.9 Å². The van der Waals surface area contributed by atoms with Crippen LogP contribution in [0.3, 0.4) is 0 Å². The van der Waals surface area contributed by atoms with E-state index in [0.717, 1.165) is 72.1 Å². The second kappa shape index (κ2) is 27.0. The fourth-order valence-electron chi connectivity index (χ4n) is 9.15. The summed E-state index contributed by atoms with van der Waals surface area (Å²) in [6.45, 7) is 6.93. The summed E-state index contributed by atoms with van der Waals surface area (Å²) in [6.07, 6.45) is 21.8. The Morgan fingerprint density at radius 1 is 0.635 bits per heavy atom. The van der Waals surface area contributed by atoms with Gasteiger partial charge in [0.2, 0.25) is 0 Å². The normalized spacial score (nSPS) is 13.2. The van der Waals surface area contributed by atoms with Gasteiger partial charge in [0.25, 0.3) is 20.0 Å². The first-order chi connectivity index (χ1) is 40.9. The molecule has 0 aliphatic carbocycles. The molecule has 1 aliphatic rings. The van der Waals surface area contributed by atoms with Crippen LogP contribution in [0.2, 0.25) is 0 Å². The number of aromatic amines is 2.